The first kappa shape index (κ1) is 19.0. The summed E-state index contributed by atoms with van der Waals surface area (Å²) in [6.07, 6.45) is 0. The van der Waals surface area contributed by atoms with Crippen molar-refractivity contribution in [2.45, 2.75) is 0 Å². The predicted octanol–water partition coefficient (Wildman–Crippen LogP) is 3.04. The van der Waals surface area contributed by atoms with Crippen LogP contribution in [-0.2, 0) is 9.59 Å². The molecule has 9 heteroatoms. The van der Waals surface area contributed by atoms with Gasteiger partial charge in [-0.15, -0.1) is 0 Å². The van der Waals surface area contributed by atoms with Crippen molar-refractivity contribution >= 4 is 52.3 Å². The highest BCUT2D eigenvalue weighted by Gasteiger charge is 2.20. The summed E-state index contributed by atoms with van der Waals surface area (Å²) in [7, 11) is 1.51. The normalized spacial score (nSPS) is 12.5. The summed E-state index contributed by atoms with van der Waals surface area (Å²) >= 11 is 11.8. The van der Waals surface area contributed by atoms with Gasteiger partial charge in [-0.25, -0.2) is 0 Å². The number of fused-ring (bicyclic) bond motifs is 1. The second kappa shape index (κ2) is 7.85. The lowest BCUT2D eigenvalue weighted by molar-refractivity contribution is -0.118. The number of hydrogen-bond acceptors (Lipinski definition) is 4. The van der Waals surface area contributed by atoms with Crippen LogP contribution in [0.4, 0.5) is 11.4 Å². The van der Waals surface area contributed by atoms with Gasteiger partial charge in [-0.1, -0.05) is 23.2 Å². The molecule has 1 aliphatic heterocycles. The molecular weight excluding hydrogens is 393 g/mol. The van der Waals surface area contributed by atoms with Crippen molar-refractivity contribution in [3.63, 3.8) is 0 Å². The molecule has 27 heavy (non-hydrogen) atoms. The van der Waals surface area contributed by atoms with E-state index >= 15 is 0 Å². The van der Waals surface area contributed by atoms with Crippen LogP contribution < -0.4 is 15.4 Å². The van der Waals surface area contributed by atoms with E-state index in [1.807, 2.05) is 0 Å². The molecule has 2 aromatic carbocycles. The zero-order valence-corrected chi connectivity index (χ0v) is 15.7. The summed E-state index contributed by atoms with van der Waals surface area (Å²) in [5.74, 6) is -0.583. The van der Waals surface area contributed by atoms with Crippen molar-refractivity contribution < 1.29 is 19.1 Å². The van der Waals surface area contributed by atoms with Crippen molar-refractivity contribution in [2.75, 3.05) is 30.8 Å². The van der Waals surface area contributed by atoms with Crippen molar-refractivity contribution in [3.05, 3.63) is 52.0 Å². The lowest BCUT2D eigenvalue weighted by Crippen LogP contribution is -2.35. The van der Waals surface area contributed by atoms with Crippen LogP contribution in [0.1, 0.15) is 10.4 Å². The van der Waals surface area contributed by atoms with Gasteiger partial charge in [-0.3, -0.25) is 14.4 Å². The number of nitrogens with one attached hydrogen (secondary N) is 2. The number of amides is 3. The van der Waals surface area contributed by atoms with Crippen molar-refractivity contribution in [1.29, 1.82) is 0 Å². The molecule has 0 saturated heterocycles. The van der Waals surface area contributed by atoms with Crippen LogP contribution >= 0.6 is 23.2 Å². The first-order valence-electron chi connectivity index (χ1n) is 7.90. The molecule has 0 saturated carbocycles. The Bertz CT molecular complexity index is 933. The maximum Gasteiger partial charge on any atom is 0.262 e. The van der Waals surface area contributed by atoms with Crippen LogP contribution in [0.2, 0.25) is 10.0 Å². The van der Waals surface area contributed by atoms with Crippen LogP contribution in [0, 0.1) is 0 Å². The third kappa shape index (κ3) is 4.50. The van der Waals surface area contributed by atoms with Crippen LogP contribution in [0.15, 0.2) is 36.4 Å². The topological polar surface area (TPSA) is 87.7 Å². The maximum absolute atomic E-state index is 12.5. The Morgan fingerprint density at radius 1 is 1.19 bits per heavy atom. The molecule has 0 unspecified atom stereocenters. The van der Waals surface area contributed by atoms with E-state index in [2.05, 4.69) is 10.6 Å². The highest BCUT2D eigenvalue weighted by atomic mass is 35.5. The number of ether oxygens (including phenoxy) is 1. The number of rotatable bonds is 4. The second-order valence-corrected chi connectivity index (χ2v) is 6.70. The molecule has 0 aliphatic carbocycles. The summed E-state index contributed by atoms with van der Waals surface area (Å²) in [6, 6.07) is 9.39. The van der Waals surface area contributed by atoms with E-state index in [0.29, 0.717) is 32.7 Å². The first-order chi connectivity index (χ1) is 12.8. The average molecular weight is 408 g/mol. The fourth-order valence-electron chi connectivity index (χ4n) is 2.49. The Kier molecular flexibility index (Phi) is 5.53. The largest absolute Gasteiger partial charge is 0.482 e. The quantitative estimate of drug-likeness (QED) is 0.814. The Morgan fingerprint density at radius 3 is 2.70 bits per heavy atom. The molecule has 2 aromatic rings. The van der Waals surface area contributed by atoms with E-state index < -0.39 is 0 Å². The molecule has 2 N–H and O–H groups in total. The average Bonchev–Trinajstić information content (AvgIpc) is 2.63. The number of halogens is 2. The Labute approximate surface area is 165 Å². The molecule has 0 atom stereocenters. The van der Waals surface area contributed by atoms with E-state index in [1.165, 1.54) is 24.1 Å². The number of likely N-dealkylation sites (N-methyl/N-ethyl adjacent to an activating group) is 1. The minimum Gasteiger partial charge on any atom is -0.482 e. The summed E-state index contributed by atoms with van der Waals surface area (Å²) < 4.78 is 5.30. The summed E-state index contributed by atoms with van der Waals surface area (Å²) in [4.78, 5) is 37.3. The van der Waals surface area contributed by atoms with Gasteiger partial charge < -0.3 is 20.3 Å². The van der Waals surface area contributed by atoms with E-state index in [-0.39, 0.29) is 30.9 Å². The van der Waals surface area contributed by atoms with Crippen LogP contribution in [-0.4, -0.2) is 42.8 Å². The Hall–Kier alpha value is -2.77. The fourth-order valence-corrected chi connectivity index (χ4v) is 2.79. The minimum absolute atomic E-state index is 0.105. The van der Waals surface area contributed by atoms with Gasteiger partial charge in [0.2, 0.25) is 5.91 Å². The van der Waals surface area contributed by atoms with Gasteiger partial charge >= 0.3 is 0 Å². The number of carbonyl (C=O) groups is 3. The molecule has 3 amide bonds. The molecule has 0 spiro atoms. The smallest absolute Gasteiger partial charge is 0.262 e. The van der Waals surface area contributed by atoms with Crippen molar-refractivity contribution in [3.8, 4) is 5.75 Å². The predicted molar refractivity (Wildman–Crippen MR) is 103 cm³/mol. The van der Waals surface area contributed by atoms with Gasteiger partial charge in [-0.05, 0) is 36.4 Å². The van der Waals surface area contributed by atoms with E-state index in [0.717, 1.165) is 0 Å². The van der Waals surface area contributed by atoms with Crippen LogP contribution in [0.3, 0.4) is 0 Å². The number of benzene rings is 2. The van der Waals surface area contributed by atoms with Crippen molar-refractivity contribution in [1.82, 2.24) is 4.90 Å². The van der Waals surface area contributed by atoms with Crippen LogP contribution in [0.25, 0.3) is 0 Å². The molecule has 0 aromatic heterocycles. The highest BCUT2D eigenvalue weighted by Crippen LogP contribution is 2.29. The van der Waals surface area contributed by atoms with Gasteiger partial charge in [0, 0.05) is 18.3 Å². The van der Waals surface area contributed by atoms with E-state index in [4.69, 9.17) is 27.9 Å². The molecule has 0 fully saturated rings. The standard InChI is InChI=1S/C18H15Cl2N3O4/c1-23(8-16(24)21-11-3-4-12(19)13(20)7-11)18(26)10-2-5-14-15(6-10)27-9-17(25)22-14/h2-7H,8-9H2,1H3,(H,21,24)(H,22,25). The number of nitrogens with zero attached hydrogens (tertiary/aromatic N) is 1. The Morgan fingerprint density at radius 2 is 1.96 bits per heavy atom. The summed E-state index contributed by atoms with van der Waals surface area (Å²) in [6.45, 7) is -0.264. The second-order valence-electron chi connectivity index (χ2n) is 5.89. The minimum atomic E-state index is -0.384. The monoisotopic (exact) mass is 407 g/mol. The molecule has 1 aliphatic rings. The van der Waals surface area contributed by atoms with Gasteiger partial charge in [0.15, 0.2) is 6.61 Å². The number of hydrogen-bond donors (Lipinski definition) is 2. The fraction of sp³-hybridized carbons (Fsp3) is 0.167. The highest BCUT2D eigenvalue weighted by molar-refractivity contribution is 6.42. The van der Waals surface area contributed by atoms with Gasteiger partial charge in [0.05, 0.1) is 22.3 Å². The van der Waals surface area contributed by atoms with E-state index in [9.17, 15) is 14.4 Å². The van der Waals surface area contributed by atoms with Crippen LogP contribution in [0.5, 0.6) is 5.75 Å². The molecule has 0 radical (unpaired) electrons. The first-order valence-corrected chi connectivity index (χ1v) is 8.66. The molecule has 1 heterocycles. The SMILES string of the molecule is CN(CC(=O)Nc1ccc(Cl)c(Cl)c1)C(=O)c1ccc2c(c1)OCC(=O)N2. The Balaban J connectivity index is 1.64. The van der Waals surface area contributed by atoms with Gasteiger partial charge in [-0.2, -0.15) is 0 Å². The molecule has 3 rings (SSSR count). The molecular formula is C18H15Cl2N3O4. The van der Waals surface area contributed by atoms with Gasteiger partial charge in [0.25, 0.3) is 11.8 Å². The zero-order valence-electron chi connectivity index (χ0n) is 14.2. The lowest BCUT2D eigenvalue weighted by atomic mass is 10.1. The number of anilines is 2. The van der Waals surface area contributed by atoms with Crippen molar-refractivity contribution in [2.24, 2.45) is 0 Å². The molecule has 7 nitrogen and oxygen atoms in total. The molecule has 0 bridgehead atoms. The third-order valence-corrected chi connectivity index (χ3v) is 4.53. The summed E-state index contributed by atoms with van der Waals surface area (Å²) in [5.41, 5.74) is 1.32. The maximum atomic E-state index is 12.5. The molecule has 140 valence electrons. The lowest BCUT2D eigenvalue weighted by Gasteiger charge is -2.20. The zero-order chi connectivity index (χ0) is 19.6. The number of carbonyl (C=O) groups excluding carboxylic acids is 3. The third-order valence-electron chi connectivity index (χ3n) is 3.79. The summed E-state index contributed by atoms with van der Waals surface area (Å²) in [5, 5.41) is 6.01. The van der Waals surface area contributed by atoms with E-state index in [1.54, 1.807) is 24.3 Å². The van der Waals surface area contributed by atoms with Gasteiger partial charge in [0.1, 0.15) is 5.75 Å².